The summed E-state index contributed by atoms with van der Waals surface area (Å²) >= 11 is 0. The molecule has 30 heavy (non-hydrogen) atoms. The SMILES string of the molecule is CC1=NN(C(=O)C(=O)N2N=C(C)C[C@@]2(O)c2ccccc2)[C@](O)(c2ccccc2)C1. The number of hydrogen-bond acceptors (Lipinski definition) is 6. The zero-order chi connectivity index (χ0) is 21.5. The molecule has 0 saturated heterocycles. The fraction of sp³-hybridized carbons (Fsp3) is 0.273. The highest BCUT2D eigenvalue weighted by atomic mass is 16.3. The second-order valence-corrected chi connectivity index (χ2v) is 7.62. The molecule has 0 aromatic heterocycles. The fourth-order valence-electron chi connectivity index (χ4n) is 3.91. The van der Waals surface area contributed by atoms with Crippen molar-refractivity contribution < 1.29 is 19.8 Å². The molecule has 0 radical (unpaired) electrons. The molecule has 0 aliphatic carbocycles. The van der Waals surface area contributed by atoms with Crippen molar-refractivity contribution in [1.82, 2.24) is 10.0 Å². The fourth-order valence-corrected chi connectivity index (χ4v) is 3.91. The Balaban J connectivity index is 1.69. The zero-order valence-electron chi connectivity index (χ0n) is 16.7. The van der Waals surface area contributed by atoms with Crippen LogP contribution in [0.15, 0.2) is 70.9 Å². The van der Waals surface area contributed by atoms with Crippen molar-refractivity contribution in [3.63, 3.8) is 0 Å². The molecule has 2 N–H and O–H groups in total. The molecule has 2 amide bonds. The van der Waals surface area contributed by atoms with E-state index in [0.717, 1.165) is 10.0 Å². The van der Waals surface area contributed by atoms with Gasteiger partial charge in [0.1, 0.15) is 0 Å². The van der Waals surface area contributed by atoms with Crippen LogP contribution in [0.1, 0.15) is 37.8 Å². The van der Waals surface area contributed by atoms with Gasteiger partial charge in [0.15, 0.2) is 11.4 Å². The van der Waals surface area contributed by atoms with E-state index in [1.54, 1.807) is 74.5 Å². The van der Waals surface area contributed by atoms with Gasteiger partial charge in [-0.25, -0.2) is 0 Å². The minimum atomic E-state index is -1.79. The van der Waals surface area contributed by atoms with Gasteiger partial charge in [-0.05, 0) is 13.8 Å². The number of rotatable bonds is 2. The van der Waals surface area contributed by atoms with Gasteiger partial charge in [0.05, 0.1) is 0 Å². The third-order valence-electron chi connectivity index (χ3n) is 5.29. The molecule has 2 atom stereocenters. The molecule has 4 rings (SSSR count). The van der Waals surface area contributed by atoms with Gasteiger partial charge in [0.2, 0.25) is 0 Å². The van der Waals surface area contributed by atoms with Crippen molar-refractivity contribution in [3.05, 3.63) is 71.8 Å². The first-order chi connectivity index (χ1) is 14.3. The van der Waals surface area contributed by atoms with E-state index in [1.165, 1.54) is 0 Å². The van der Waals surface area contributed by atoms with Gasteiger partial charge in [-0.2, -0.15) is 20.2 Å². The van der Waals surface area contributed by atoms with Crippen LogP contribution in [0.5, 0.6) is 0 Å². The van der Waals surface area contributed by atoms with Crippen molar-refractivity contribution in [2.45, 2.75) is 38.1 Å². The van der Waals surface area contributed by atoms with Crippen molar-refractivity contribution in [1.29, 1.82) is 0 Å². The van der Waals surface area contributed by atoms with Crippen LogP contribution >= 0.6 is 0 Å². The van der Waals surface area contributed by atoms with Gasteiger partial charge in [-0.15, -0.1) is 0 Å². The van der Waals surface area contributed by atoms with E-state index < -0.39 is 23.3 Å². The Morgan fingerprint density at radius 1 is 0.733 bits per heavy atom. The first kappa shape index (κ1) is 19.9. The predicted molar refractivity (Wildman–Crippen MR) is 110 cm³/mol. The normalized spacial score (nSPS) is 25.9. The Labute approximate surface area is 173 Å². The largest absolute Gasteiger partial charge is 0.365 e. The summed E-state index contributed by atoms with van der Waals surface area (Å²) in [4.78, 5) is 26.4. The highest BCUT2D eigenvalue weighted by Crippen LogP contribution is 2.38. The van der Waals surface area contributed by atoms with Crippen LogP contribution in [0.25, 0.3) is 0 Å². The number of nitrogens with zero attached hydrogens (tertiary/aromatic N) is 4. The van der Waals surface area contributed by atoms with Crippen LogP contribution < -0.4 is 0 Å². The summed E-state index contributed by atoms with van der Waals surface area (Å²) in [5, 5.41) is 32.4. The minimum Gasteiger partial charge on any atom is -0.365 e. The molecule has 2 aliphatic rings. The Morgan fingerprint density at radius 2 is 1.07 bits per heavy atom. The smallest absolute Gasteiger partial charge is 0.337 e. The molecular formula is C22H22N4O4. The quantitative estimate of drug-likeness (QED) is 0.743. The summed E-state index contributed by atoms with van der Waals surface area (Å²) in [5.41, 5.74) is -1.70. The van der Waals surface area contributed by atoms with Gasteiger partial charge in [-0.3, -0.25) is 9.59 Å². The lowest BCUT2D eigenvalue weighted by molar-refractivity contribution is -0.180. The summed E-state index contributed by atoms with van der Waals surface area (Å²) in [6.45, 7) is 3.34. The van der Waals surface area contributed by atoms with E-state index in [1.807, 2.05) is 0 Å². The molecule has 0 unspecified atom stereocenters. The number of benzene rings is 2. The van der Waals surface area contributed by atoms with E-state index in [-0.39, 0.29) is 12.8 Å². The molecular weight excluding hydrogens is 384 g/mol. The number of aliphatic hydroxyl groups is 2. The van der Waals surface area contributed by atoms with Gasteiger partial charge in [-0.1, -0.05) is 60.7 Å². The van der Waals surface area contributed by atoms with Crippen LogP contribution in [-0.2, 0) is 21.0 Å². The lowest BCUT2D eigenvalue weighted by Gasteiger charge is -2.34. The molecule has 2 heterocycles. The number of hydrazone groups is 2. The topological polar surface area (TPSA) is 106 Å². The van der Waals surface area contributed by atoms with Crippen LogP contribution in [0.4, 0.5) is 0 Å². The van der Waals surface area contributed by atoms with Crippen LogP contribution in [0, 0.1) is 0 Å². The minimum absolute atomic E-state index is 0.0707. The van der Waals surface area contributed by atoms with E-state index in [2.05, 4.69) is 10.2 Å². The van der Waals surface area contributed by atoms with Gasteiger partial charge in [0.25, 0.3) is 0 Å². The van der Waals surface area contributed by atoms with Gasteiger partial charge < -0.3 is 10.2 Å². The molecule has 0 spiro atoms. The van der Waals surface area contributed by atoms with Gasteiger partial charge in [0, 0.05) is 35.4 Å². The van der Waals surface area contributed by atoms with Crippen LogP contribution in [0.3, 0.4) is 0 Å². The van der Waals surface area contributed by atoms with E-state index in [4.69, 9.17) is 0 Å². The van der Waals surface area contributed by atoms with Crippen LogP contribution in [0.2, 0.25) is 0 Å². The molecule has 8 nitrogen and oxygen atoms in total. The Bertz CT molecular complexity index is 968. The molecule has 0 saturated carbocycles. The summed E-state index contributed by atoms with van der Waals surface area (Å²) in [5.74, 6) is -2.16. The van der Waals surface area contributed by atoms with Crippen LogP contribution in [-0.4, -0.2) is 43.5 Å². The third-order valence-corrected chi connectivity index (χ3v) is 5.29. The highest BCUT2D eigenvalue weighted by Gasteiger charge is 2.52. The summed E-state index contributed by atoms with van der Waals surface area (Å²) in [7, 11) is 0. The molecule has 154 valence electrons. The molecule has 8 heteroatoms. The van der Waals surface area contributed by atoms with Crippen molar-refractivity contribution >= 4 is 23.2 Å². The standard InChI is InChI=1S/C22H22N4O4/c1-15-13-21(29,17-9-5-3-6-10-17)25(23-15)19(27)20(28)26-22(30,14-16(2)24-26)18-11-7-4-8-12-18/h3-12,29-30H,13-14H2,1-2H3/t21-,22-/m1/s1. The molecule has 2 aliphatic heterocycles. The maximum atomic E-state index is 13.2. The number of hydrogen-bond donors (Lipinski definition) is 2. The Morgan fingerprint density at radius 3 is 1.40 bits per heavy atom. The number of carbonyl (C=O) groups is 2. The maximum absolute atomic E-state index is 13.2. The zero-order valence-corrected chi connectivity index (χ0v) is 16.7. The predicted octanol–water partition coefficient (Wildman–Crippen LogP) is 1.89. The summed E-state index contributed by atoms with van der Waals surface area (Å²) in [6, 6.07) is 17.1. The van der Waals surface area contributed by atoms with E-state index >= 15 is 0 Å². The molecule has 2 aromatic rings. The number of amides is 2. The maximum Gasteiger partial charge on any atom is 0.337 e. The van der Waals surface area contributed by atoms with Crippen molar-refractivity contribution in [3.8, 4) is 0 Å². The average Bonchev–Trinajstić information content (AvgIpc) is 3.24. The van der Waals surface area contributed by atoms with Gasteiger partial charge >= 0.3 is 11.8 Å². The molecule has 0 bridgehead atoms. The second kappa shape index (κ2) is 7.16. The Hall–Kier alpha value is -3.36. The third kappa shape index (κ3) is 3.10. The number of carbonyl (C=O) groups excluding carboxylic acids is 2. The average molecular weight is 406 g/mol. The lowest BCUT2D eigenvalue weighted by atomic mass is 9.97. The van der Waals surface area contributed by atoms with E-state index in [9.17, 15) is 19.8 Å². The van der Waals surface area contributed by atoms with Crippen molar-refractivity contribution in [2.24, 2.45) is 10.2 Å². The first-order valence-corrected chi connectivity index (χ1v) is 9.58. The van der Waals surface area contributed by atoms with E-state index in [0.29, 0.717) is 22.6 Å². The lowest BCUT2D eigenvalue weighted by Crippen LogP contribution is -2.53. The first-order valence-electron chi connectivity index (χ1n) is 9.58. The summed E-state index contributed by atoms with van der Waals surface area (Å²) in [6.07, 6.45) is 0.141. The highest BCUT2D eigenvalue weighted by molar-refractivity contribution is 6.35. The second-order valence-electron chi connectivity index (χ2n) is 7.62. The Kier molecular flexibility index (Phi) is 4.76. The molecule has 0 fully saturated rings. The van der Waals surface area contributed by atoms with Crippen molar-refractivity contribution in [2.75, 3.05) is 0 Å². The summed E-state index contributed by atoms with van der Waals surface area (Å²) < 4.78 is 0. The monoisotopic (exact) mass is 406 g/mol. The molecule has 2 aromatic carbocycles.